The molecule has 0 bridgehead atoms. The molecule has 1 saturated heterocycles. The standard InChI is InChI=1S/C15H17N3/c1-2-4-13-10-18(9-12(13)3-1)14-6-5-11-7-8-16-15(11)17-14/h1-2,5-8,12-13H,3-4,9-10H2,(H,16,17)/t12-,13+. The molecule has 1 aliphatic heterocycles. The first kappa shape index (κ1) is 10.2. The monoisotopic (exact) mass is 239 g/mol. The molecule has 92 valence electrons. The molecule has 4 rings (SSSR count). The zero-order valence-electron chi connectivity index (χ0n) is 10.3. The first-order valence-corrected chi connectivity index (χ1v) is 6.74. The van der Waals surface area contributed by atoms with Crippen LogP contribution in [0, 0.1) is 11.8 Å². The van der Waals surface area contributed by atoms with Crippen LogP contribution in [0.1, 0.15) is 12.8 Å². The Kier molecular flexibility index (Phi) is 2.19. The van der Waals surface area contributed by atoms with Gasteiger partial charge in [0.2, 0.25) is 0 Å². The molecule has 1 aliphatic carbocycles. The van der Waals surface area contributed by atoms with Gasteiger partial charge in [0.1, 0.15) is 11.5 Å². The Hall–Kier alpha value is -1.77. The molecule has 3 heteroatoms. The number of pyridine rings is 1. The quantitative estimate of drug-likeness (QED) is 0.776. The van der Waals surface area contributed by atoms with Crippen LogP contribution in [0.15, 0.2) is 36.5 Å². The minimum atomic E-state index is 0.830. The molecule has 0 unspecified atom stereocenters. The Bertz CT molecular complexity index is 583. The van der Waals surface area contributed by atoms with E-state index >= 15 is 0 Å². The third kappa shape index (κ3) is 1.54. The molecule has 18 heavy (non-hydrogen) atoms. The minimum Gasteiger partial charge on any atom is -0.356 e. The highest BCUT2D eigenvalue weighted by molar-refractivity contribution is 5.77. The summed E-state index contributed by atoms with van der Waals surface area (Å²) in [7, 11) is 0. The number of hydrogen-bond acceptors (Lipinski definition) is 2. The predicted molar refractivity (Wildman–Crippen MR) is 73.7 cm³/mol. The maximum absolute atomic E-state index is 4.73. The van der Waals surface area contributed by atoms with Gasteiger partial charge in [0.15, 0.2) is 0 Å². The Morgan fingerprint density at radius 2 is 1.83 bits per heavy atom. The number of rotatable bonds is 1. The molecule has 2 aromatic heterocycles. The van der Waals surface area contributed by atoms with E-state index in [1.54, 1.807) is 0 Å². The fourth-order valence-corrected chi connectivity index (χ4v) is 3.30. The average molecular weight is 239 g/mol. The molecule has 1 fully saturated rings. The highest BCUT2D eigenvalue weighted by Gasteiger charge is 2.33. The lowest BCUT2D eigenvalue weighted by molar-refractivity contribution is 0.411. The van der Waals surface area contributed by atoms with Gasteiger partial charge in [-0.05, 0) is 42.9 Å². The molecular formula is C15H17N3. The number of aromatic nitrogens is 2. The maximum atomic E-state index is 4.73. The molecule has 0 saturated carbocycles. The van der Waals surface area contributed by atoms with E-state index in [9.17, 15) is 0 Å². The van der Waals surface area contributed by atoms with Crippen molar-refractivity contribution in [1.29, 1.82) is 0 Å². The Morgan fingerprint density at radius 1 is 1.06 bits per heavy atom. The van der Waals surface area contributed by atoms with Crippen LogP contribution in [0.3, 0.4) is 0 Å². The molecule has 0 aromatic carbocycles. The SMILES string of the molecule is C1=CC[C@H]2CN(c3ccc4cc[nH]c4n3)C[C@H]2C1. The van der Waals surface area contributed by atoms with Crippen molar-refractivity contribution in [2.45, 2.75) is 12.8 Å². The summed E-state index contributed by atoms with van der Waals surface area (Å²) in [6.07, 6.45) is 9.12. The Balaban J connectivity index is 1.63. The lowest BCUT2D eigenvalue weighted by atomic mass is 9.86. The van der Waals surface area contributed by atoms with Gasteiger partial charge in [0, 0.05) is 24.7 Å². The molecule has 0 amide bonds. The van der Waals surface area contributed by atoms with Gasteiger partial charge in [-0.3, -0.25) is 0 Å². The summed E-state index contributed by atoms with van der Waals surface area (Å²) in [4.78, 5) is 10.4. The Labute approximate surface area is 107 Å². The van der Waals surface area contributed by atoms with Crippen LogP contribution in [0.2, 0.25) is 0 Å². The highest BCUT2D eigenvalue weighted by atomic mass is 15.2. The van der Waals surface area contributed by atoms with E-state index in [1.807, 2.05) is 6.20 Å². The number of allylic oxidation sites excluding steroid dienone is 2. The van der Waals surface area contributed by atoms with Crippen LogP contribution in [0.4, 0.5) is 5.82 Å². The van der Waals surface area contributed by atoms with E-state index < -0.39 is 0 Å². The minimum absolute atomic E-state index is 0.830. The number of nitrogens with one attached hydrogen (secondary N) is 1. The van der Waals surface area contributed by atoms with Crippen molar-refractivity contribution < 1.29 is 0 Å². The average Bonchev–Trinajstić information content (AvgIpc) is 3.04. The highest BCUT2D eigenvalue weighted by Crippen LogP contribution is 2.34. The van der Waals surface area contributed by atoms with Gasteiger partial charge in [-0.15, -0.1) is 0 Å². The van der Waals surface area contributed by atoms with Gasteiger partial charge in [-0.2, -0.15) is 0 Å². The van der Waals surface area contributed by atoms with Gasteiger partial charge in [0.25, 0.3) is 0 Å². The van der Waals surface area contributed by atoms with E-state index in [1.165, 1.54) is 18.2 Å². The van der Waals surface area contributed by atoms with Gasteiger partial charge in [0.05, 0.1) is 0 Å². The third-order valence-electron chi connectivity index (χ3n) is 4.34. The number of fused-ring (bicyclic) bond motifs is 2. The first-order valence-electron chi connectivity index (χ1n) is 6.74. The molecule has 1 N–H and O–H groups in total. The topological polar surface area (TPSA) is 31.9 Å². The van der Waals surface area contributed by atoms with E-state index in [2.05, 4.69) is 40.2 Å². The fraction of sp³-hybridized carbons (Fsp3) is 0.400. The molecule has 0 spiro atoms. The summed E-state index contributed by atoms with van der Waals surface area (Å²) in [5, 5.41) is 1.19. The number of anilines is 1. The van der Waals surface area contributed by atoms with Crippen molar-refractivity contribution in [2.24, 2.45) is 11.8 Å². The van der Waals surface area contributed by atoms with Gasteiger partial charge in [-0.1, -0.05) is 12.2 Å². The number of H-pyrrole nitrogens is 1. The van der Waals surface area contributed by atoms with Crippen molar-refractivity contribution >= 4 is 16.9 Å². The van der Waals surface area contributed by atoms with Crippen LogP contribution < -0.4 is 4.90 Å². The second kappa shape index (κ2) is 3.87. The van der Waals surface area contributed by atoms with E-state index in [-0.39, 0.29) is 0 Å². The summed E-state index contributed by atoms with van der Waals surface area (Å²) < 4.78 is 0. The van der Waals surface area contributed by atoms with Gasteiger partial charge in [-0.25, -0.2) is 4.98 Å². The fourth-order valence-electron chi connectivity index (χ4n) is 3.30. The zero-order valence-corrected chi connectivity index (χ0v) is 10.3. The lowest BCUT2D eigenvalue weighted by Crippen LogP contribution is -2.20. The van der Waals surface area contributed by atoms with Crippen molar-refractivity contribution in [1.82, 2.24) is 9.97 Å². The van der Waals surface area contributed by atoms with Crippen molar-refractivity contribution in [3.63, 3.8) is 0 Å². The number of aromatic amines is 1. The van der Waals surface area contributed by atoms with Crippen molar-refractivity contribution in [3.05, 3.63) is 36.5 Å². The number of hydrogen-bond donors (Lipinski definition) is 1. The summed E-state index contributed by atoms with van der Waals surface area (Å²) in [6.45, 7) is 2.32. The molecule has 2 atom stereocenters. The lowest BCUT2D eigenvalue weighted by Gasteiger charge is -2.17. The van der Waals surface area contributed by atoms with Crippen LogP contribution in [-0.2, 0) is 0 Å². The summed E-state index contributed by atoms with van der Waals surface area (Å²) in [5.41, 5.74) is 1.00. The normalized spacial score (nSPS) is 26.8. The molecular weight excluding hydrogens is 222 g/mol. The molecule has 3 nitrogen and oxygen atoms in total. The van der Waals surface area contributed by atoms with Crippen LogP contribution >= 0.6 is 0 Å². The van der Waals surface area contributed by atoms with Crippen LogP contribution in [0.5, 0.6) is 0 Å². The summed E-state index contributed by atoms with van der Waals surface area (Å²) >= 11 is 0. The number of nitrogens with zero attached hydrogens (tertiary/aromatic N) is 2. The van der Waals surface area contributed by atoms with E-state index in [0.717, 1.165) is 36.4 Å². The maximum Gasteiger partial charge on any atom is 0.139 e. The van der Waals surface area contributed by atoms with E-state index in [0.29, 0.717) is 0 Å². The second-order valence-electron chi connectivity index (χ2n) is 5.45. The molecule has 2 aliphatic rings. The predicted octanol–water partition coefficient (Wildman–Crippen LogP) is 2.97. The largest absolute Gasteiger partial charge is 0.356 e. The first-order chi connectivity index (χ1) is 8.90. The molecule has 3 heterocycles. The van der Waals surface area contributed by atoms with Crippen LogP contribution in [0.25, 0.3) is 11.0 Å². The zero-order chi connectivity index (χ0) is 11.9. The van der Waals surface area contributed by atoms with E-state index in [4.69, 9.17) is 4.98 Å². The second-order valence-corrected chi connectivity index (χ2v) is 5.45. The Morgan fingerprint density at radius 3 is 2.61 bits per heavy atom. The van der Waals surface area contributed by atoms with Crippen molar-refractivity contribution in [2.75, 3.05) is 18.0 Å². The van der Waals surface area contributed by atoms with Crippen LogP contribution in [-0.4, -0.2) is 23.1 Å². The van der Waals surface area contributed by atoms with Gasteiger partial charge >= 0.3 is 0 Å². The molecule has 0 radical (unpaired) electrons. The molecule has 2 aromatic rings. The summed E-state index contributed by atoms with van der Waals surface area (Å²) in [6, 6.07) is 6.38. The third-order valence-corrected chi connectivity index (χ3v) is 4.34. The van der Waals surface area contributed by atoms with Crippen molar-refractivity contribution in [3.8, 4) is 0 Å². The van der Waals surface area contributed by atoms with Gasteiger partial charge < -0.3 is 9.88 Å². The smallest absolute Gasteiger partial charge is 0.139 e. The summed E-state index contributed by atoms with van der Waals surface area (Å²) in [5.74, 6) is 2.78.